The van der Waals surface area contributed by atoms with Crippen LogP contribution in [0.1, 0.15) is 128 Å². The number of nitrogens with one attached hydrogen (secondary N) is 5. The number of aromatic nitrogens is 3. The van der Waals surface area contributed by atoms with Crippen LogP contribution in [0.2, 0.25) is 0 Å². The molecule has 0 radical (unpaired) electrons. The van der Waals surface area contributed by atoms with Crippen LogP contribution in [-0.4, -0.2) is 115 Å². The molecular formula is C83H95F3N8O11S. The van der Waals surface area contributed by atoms with Crippen LogP contribution < -0.4 is 26.0 Å². The number of benzene rings is 3. The Balaban J connectivity index is 0.000000141. The van der Waals surface area contributed by atoms with E-state index in [2.05, 4.69) is 53.1 Å². The van der Waals surface area contributed by atoms with Gasteiger partial charge in [0.15, 0.2) is 0 Å². The molecule has 15 rings (SSSR count). The number of hydrogen-bond donors (Lipinski definition) is 5. The van der Waals surface area contributed by atoms with Crippen molar-refractivity contribution < 1.29 is 64.5 Å². The Morgan fingerprint density at radius 2 is 0.896 bits per heavy atom. The molecule has 3 aliphatic heterocycles. The van der Waals surface area contributed by atoms with E-state index in [4.69, 9.17) is 18.9 Å². The molecule has 0 spiro atoms. The van der Waals surface area contributed by atoms with E-state index in [-0.39, 0.29) is 113 Å². The molecule has 5 N–H and O–H groups in total. The van der Waals surface area contributed by atoms with Crippen LogP contribution in [0.3, 0.4) is 0 Å². The number of ether oxygens (including phenoxy) is 4. The maximum atomic E-state index is 13.6. The first kappa shape index (κ1) is 75.0. The molecule has 106 heavy (non-hydrogen) atoms. The number of carbonyl (C=O) groups is 5. The number of rotatable bonds is 15. The van der Waals surface area contributed by atoms with Crippen LogP contribution in [0.25, 0.3) is 51.6 Å². The molecule has 6 heterocycles. The molecule has 3 saturated heterocycles. The third-order valence-electron chi connectivity index (χ3n) is 23.5. The van der Waals surface area contributed by atoms with Crippen LogP contribution in [-0.2, 0) is 38.6 Å². The van der Waals surface area contributed by atoms with Crippen LogP contribution in [0.5, 0.6) is 0 Å². The SMILES string of the molecule is CCOC(=O)N[C@@H]1CC[C@@H]2[C@@H](C1)C[C@H]1CC(=O)N[C@H]1[C@H]2/C=C/c1ccc(-c2cccc(F)c2)cn1.CCOC(=O)N[C@@H]1CC[C@@H]2[C@@H](C1)C[C@H]1CC(=O)O[C@H]1[C@H]2/C=C/c1ccc(-c2cccc(F)c2)cn1.CCOC(=O)N[C@@H]1CC[C@@H]2[C@@H](C1)C[C@H]1CNS(=O)(=O)[C@H]1[C@H]2/C=C/c1ccc(-c2cccc(F)c2)cn1. The zero-order valence-corrected chi connectivity index (χ0v) is 60.9. The molecule has 4 amide bonds. The number of pyridine rings is 3. The second kappa shape index (κ2) is 34.1. The van der Waals surface area contributed by atoms with E-state index in [0.29, 0.717) is 74.7 Å². The van der Waals surface area contributed by atoms with Crippen molar-refractivity contribution in [2.75, 3.05) is 26.4 Å². The highest BCUT2D eigenvalue weighted by Crippen LogP contribution is 2.53. The molecule has 9 aliphatic rings. The van der Waals surface area contributed by atoms with Gasteiger partial charge in [0.25, 0.3) is 0 Å². The van der Waals surface area contributed by atoms with Crippen molar-refractivity contribution in [3.63, 3.8) is 0 Å². The lowest BCUT2D eigenvalue weighted by Crippen LogP contribution is -2.50. The first-order valence-electron chi connectivity index (χ1n) is 37.8. The molecule has 23 heteroatoms. The van der Waals surface area contributed by atoms with Crippen molar-refractivity contribution in [3.05, 3.63) is 181 Å². The maximum absolute atomic E-state index is 13.6. The zero-order valence-electron chi connectivity index (χ0n) is 60.1. The number of nitrogens with zero attached hydrogens (tertiary/aromatic N) is 3. The number of hydrogen-bond acceptors (Lipinski definition) is 14. The third-order valence-corrected chi connectivity index (χ3v) is 25.5. The van der Waals surface area contributed by atoms with Crippen molar-refractivity contribution in [2.24, 2.45) is 71.0 Å². The van der Waals surface area contributed by atoms with Gasteiger partial charge in [-0.1, -0.05) is 72.8 Å². The molecule has 6 aromatic rings. The molecule has 3 aromatic carbocycles. The molecule has 0 unspecified atom stereocenters. The fraction of sp³-hybridized carbons (Fsp3) is 0.470. The smallest absolute Gasteiger partial charge is 0.407 e. The summed E-state index contributed by atoms with van der Waals surface area (Å²) >= 11 is 0. The summed E-state index contributed by atoms with van der Waals surface area (Å²) in [5.74, 6) is 2.30. The number of esters is 1. The van der Waals surface area contributed by atoms with E-state index in [1.165, 1.54) is 36.4 Å². The highest BCUT2D eigenvalue weighted by atomic mass is 32.2. The van der Waals surface area contributed by atoms with Gasteiger partial charge in [-0.25, -0.2) is 40.7 Å². The summed E-state index contributed by atoms with van der Waals surface area (Å²) in [6.45, 7) is 6.92. The summed E-state index contributed by atoms with van der Waals surface area (Å²) in [5, 5.41) is 11.8. The molecule has 560 valence electrons. The molecule has 19 nitrogen and oxygen atoms in total. The predicted octanol–water partition coefficient (Wildman–Crippen LogP) is 14.7. The van der Waals surface area contributed by atoms with Gasteiger partial charge < -0.3 is 40.2 Å². The lowest BCUT2D eigenvalue weighted by Gasteiger charge is -2.47. The molecule has 9 fully saturated rings. The van der Waals surface area contributed by atoms with Crippen LogP contribution >= 0.6 is 0 Å². The Morgan fingerprint density at radius 3 is 1.32 bits per heavy atom. The standard InChI is InChI=1S/C28H32FN3O3.C28H31FN2O4.C27H32FN3O4S/c1-2-35-28(34)31-23-9-10-24-19(14-23)12-20-15-26(33)32-27(20)25(24)11-8-22-7-6-18(16-30-22)17-4-3-5-21(29)13-17;1-2-34-28(33)31-23-9-10-24-19(14-23)12-20-15-26(32)35-27(20)25(24)11-8-22-7-6-18(16-30-22)17-4-3-5-21(29)13-17;1-2-35-27(32)31-23-9-10-24-19(14-23)12-20-16-30-36(33,34)26(20)25(24)11-8-22-7-6-18(15-29-22)17-4-3-5-21(28)13-17/h3-8,11,13,16,19-20,23-25,27H,2,9-10,12,14-15H2,1H3,(H,31,34)(H,32,33);3-8,11,13,16,19-20,23-25,27H,2,9-10,12,14-15H2,1H3,(H,31,33);3-8,11,13,15,19-20,23-26,30H,2,9-10,12,14,16H2,1H3,(H,31,32)/b3*11-8+/t2*19-,20+,23-,24-,25+,27-;19-,20+,23-,24-,25+,26-/m111/s1. The van der Waals surface area contributed by atoms with E-state index in [9.17, 15) is 45.6 Å². The fourth-order valence-electron chi connectivity index (χ4n) is 19.0. The minimum atomic E-state index is -3.38. The van der Waals surface area contributed by atoms with E-state index in [1.807, 2.05) is 85.8 Å². The number of carbonyl (C=O) groups excluding carboxylic acids is 5. The fourth-order valence-corrected chi connectivity index (χ4v) is 21.0. The van der Waals surface area contributed by atoms with Gasteiger partial charge in [0.05, 0.1) is 48.6 Å². The summed E-state index contributed by atoms with van der Waals surface area (Å²) in [5.41, 5.74) is 7.27. The third kappa shape index (κ3) is 18.2. The Labute approximate surface area is 618 Å². The van der Waals surface area contributed by atoms with E-state index < -0.39 is 15.3 Å². The van der Waals surface area contributed by atoms with Crippen LogP contribution in [0.4, 0.5) is 27.6 Å². The highest BCUT2D eigenvalue weighted by molar-refractivity contribution is 7.90. The summed E-state index contributed by atoms with van der Waals surface area (Å²) in [6, 6.07) is 31.3. The normalized spacial score (nSPS) is 30.2. The van der Waals surface area contributed by atoms with Gasteiger partial charge in [-0.05, 0) is 241 Å². The zero-order chi connectivity index (χ0) is 74.0. The second-order valence-electron chi connectivity index (χ2n) is 30.0. The van der Waals surface area contributed by atoms with Crippen molar-refractivity contribution >= 4 is 58.4 Å². The van der Waals surface area contributed by atoms with E-state index >= 15 is 0 Å². The van der Waals surface area contributed by atoms with Gasteiger partial charge in [0.2, 0.25) is 15.9 Å². The number of halogens is 3. The Hall–Kier alpha value is -9.22. The first-order chi connectivity index (χ1) is 51.3. The van der Waals surface area contributed by atoms with Gasteiger partial charge in [0, 0.05) is 90.2 Å². The van der Waals surface area contributed by atoms with E-state index in [1.54, 1.807) is 50.6 Å². The number of amides is 4. The van der Waals surface area contributed by atoms with Crippen molar-refractivity contribution in [2.45, 2.75) is 146 Å². The first-order valence-corrected chi connectivity index (χ1v) is 39.4. The molecule has 6 aliphatic carbocycles. The van der Waals surface area contributed by atoms with Crippen molar-refractivity contribution in [1.29, 1.82) is 0 Å². The molecule has 6 saturated carbocycles. The molecular weight excluding hydrogens is 1370 g/mol. The van der Waals surface area contributed by atoms with E-state index in [0.717, 1.165) is 128 Å². The average Bonchev–Trinajstić information content (AvgIpc) is 1.55. The minimum Gasteiger partial charge on any atom is -0.461 e. The summed E-state index contributed by atoms with van der Waals surface area (Å²) in [4.78, 5) is 73.9. The van der Waals surface area contributed by atoms with Gasteiger partial charge in [-0.3, -0.25) is 24.5 Å². The number of sulfonamides is 1. The molecule has 3 aromatic heterocycles. The highest BCUT2D eigenvalue weighted by Gasteiger charge is 2.55. The quantitative estimate of drug-likeness (QED) is 0.0474. The van der Waals surface area contributed by atoms with Gasteiger partial charge in [0.1, 0.15) is 23.6 Å². The summed E-state index contributed by atoms with van der Waals surface area (Å²) < 4.78 is 90.3. The summed E-state index contributed by atoms with van der Waals surface area (Å²) in [6.07, 6.45) is 28.4. The topological polar surface area (TPSA) is 255 Å². The van der Waals surface area contributed by atoms with Crippen molar-refractivity contribution in [1.82, 2.24) is 40.9 Å². The number of allylic oxidation sites excluding steroid dienone is 1. The van der Waals surface area contributed by atoms with Gasteiger partial charge >= 0.3 is 24.2 Å². The number of fused-ring (bicyclic) bond motifs is 6. The largest absolute Gasteiger partial charge is 0.461 e. The Morgan fingerprint density at radius 1 is 0.491 bits per heavy atom. The molecule has 0 bridgehead atoms. The Bertz CT molecular complexity index is 4130. The monoisotopic (exact) mass is 1470 g/mol. The lowest BCUT2D eigenvalue weighted by molar-refractivity contribution is -0.145. The predicted molar refractivity (Wildman–Crippen MR) is 397 cm³/mol. The maximum Gasteiger partial charge on any atom is 0.407 e. The molecule has 18 atom stereocenters. The Kier molecular flexibility index (Phi) is 24.2. The van der Waals surface area contributed by atoms with Gasteiger partial charge in [-0.2, -0.15) is 0 Å². The van der Waals surface area contributed by atoms with Crippen LogP contribution in [0, 0.1) is 88.5 Å². The van der Waals surface area contributed by atoms with Gasteiger partial charge in [-0.15, -0.1) is 0 Å². The minimum absolute atomic E-state index is 0.0504. The number of alkyl carbamates (subject to hydrolysis) is 3. The lowest BCUT2D eigenvalue weighted by atomic mass is 9.59. The summed E-state index contributed by atoms with van der Waals surface area (Å²) in [7, 11) is -3.38. The van der Waals surface area contributed by atoms with Crippen LogP contribution in [0.15, 0.2) is 146 Å². The average molecular weight is 1470 g/mol. The van der Waals surface area contributed by atoms with Crippen molar-refractivity contribution in [3.8, 4) is 33.4 Å². The second-order valence-corrected chi connectivity index (χ2v) is 31.9.